The number of rotatable bonds is 2. The number of aliphatic hydroxyl groups is 1. The second-order valence-corrected chi connectivity index (χ2v) is 3.93. The van der Waals surface area contributed by atoms with Gasteiger partial charge in [-0.2, -0.15) is 0 Å². The molecule has 1 saturated heterocycles. The molecule has 1 atom stereocenters. The average Bonchev–Trinajstić information content (AvgIpc) is 2.56. The molecular weight excluding hydrogens is 176 g/mol. The SMILES string of the molecule is Cc1ncccc1CN1CC[C@@H](O)C1. The van der Waals surface area contributed by atoms with Gasteiger partial charge >= 0.3 is 0 Å². The molecule has 2 heterocycles. The van der Waals surface area contributed by atoms with Crippen molar-refractivity contribution in [3.05, 3.63) is 29.6 Å². The largest absolute Gasteiger partial charge is 0.392 e. The van der Waals surface area contributed by atoms with Crippen molar-refractivity contribution in [3.63, 3.8) is 0 Å². The summed E-state index contributed by atoms with van der Waals surface area (Å²) in [5.74, 6) is 0. The highest BCUT2D eigenvalue weighted by Crippen LogP contribution is 2.14. The summed E-state index contributed by atoms with van der Waals surface area (Å²) in [6.45, 7) is 4.74. The zero-order chi connectivity index (χ0) is 9.97. The number of aryl methyl sites for hydroxylation is 1. The second kappa shape index (κ2) is 4.07. The molecule has 1 fully saturated rings. The molecule has 0 radical (unpaired) electrons. The Morgan fingerprint density at radius 3 is 3.14 bits per heavy atom. The van der Waals surface area contributed by atoms with Gasteiger partial charge in [-0.1, -0.05) is 6.07 Å². The number of aliphatic hydroxyl groups excluding tert-OH is 1. The lowest BCUT2D eigenvalue weighted by atomic mass is 10.2. The zero-order valence-electron chi connectivity index (χ0n) is 8.48. The van der Waals surface area contributed by atoms with E-state index in [1.165, 1.54) is 5.56 Å². The fraction of sp³-hybridized carbons (Fsp3) is 0.545. The quantitative estimate of drug-likeness (QED) is 0.758. The van der Waals surface area contributed by atoms with Gasteiger partial charge in [-0.15, -0.1) is 0 Å². The van der Waals surface area contributed by atoms with Crippen molar-refractivity contribution < 1.29 is 5.11 Å². The molecule has 1 aromatic heterocycles. The molecular formula is C11H16N2O. The minimum Gasteiger partial charge on any atom is -0.392 e. The monoisotopic (exact) mass is 192 g/mol. The Kier molecular flexibility index (Phi) is 2.79. The number of pyridine rings is 1. The van der Waals surface area contributed by atoms with E-state index in [1.54, 1.807) is 0 Å². The summed E-state index contributed by atoms with van der Waals surface area (Å²) in [5.41, 5.74) is 2.36. The first-order valence-corrected chi connectivity index (χ1v) is 5.06. The third-order valence-corrected chi connectivity index (χ3v) is 2.76. The van der Waals surface area contributed by atoms with Crippen LogP contribution in [0.25, 0.3) is 0 Å². The van der Waals surface area contributed by atoms with Gasteiger partial charge in [0.05, 0.1) is 6.10 Å². The number of hydrogen-bond acceptors (Lipinski definition) is 3. The van der Waals surface area contributed by atoms with E-state index in [0.29, 0.717) is 0 Å². The lowest BCUT2D eigenvalue weighted by Gasteiger charge is -2.15. The van der Waals surface area contributed by atoms with Crippen molar-refractivity contribution in [2.45, 2.75) is 26.0 Å². The maximum atomic E-state index is 9.39. The highest BCUT2D eigenvalue weighted by atomic mass is 16.3. The Hall–Kier alpha value is -0.930. The van der Waals surface area contributed by atoms with Crippen LogP contribution in [0.1, 0.15) is 17.7 Å². The first-order chi connectivity index (χ1) is 6.75. The number of nitrogens with zero attached hydrogens (tertiary/aromatic N) is 2. The van der Waals surface area contributed by atoms with E-state index in [2.05, 4.69) is 16.0 Å². The molecule has 3 heteroatoms. The summed E-state index contributed by atoms with van der Waals surface area (Å²) >= 11 is 0. The van der Waals surface area contributed by atoms with Crippen LogP contribution in [0.3, 0.4) is 0 Å². The summed E-state index contributed by atoms with van der Waals surface area (Å²) in [5, 5.41) is 9.39. The van der Waals surface area contributed by atoms with Crippen molar-refractivity contribution in [1.29, 1.82) is 0 Å². The molecule has 0 unspecified atom stereocenters. The molecule has 1 aliphatic heterocycles. The molecule has 3 nitrogen and oxygen atoms in total. The van der Waals surface area contributed by atoms with E-state index < -0.39 is 0 Å². The lowest BCUT2D eigenvalue weighted by molar-refractivity contribution is 0.174. The van der Waals surface area contributed by atoms with Crippen molar-refractivity contribution in [3.8, 4) is 0 Å². The van der Waals surface area contributed by atoms with Gasteiger partial charge in [0, 0.05) is 31.5 Å². The molecule has 0 bridgehead atoms. The molecule has 0 saturated carbocycles. The normalized spacial score (nSPS) is 22.9. The Morgan fingerprint density at radius 1 is 1.64 bits per heavy atom. The van der Waals surface area contributed by atoms with Crippen LogP contribution in [0.5, 0.6) is 0 Å². The molecule has 2 rings (SSSR count). The van der Waals surface area contributed by atoms with Crippen LogP contribution in [0, 0.1) is 6.92 Å². The molecule has 1 aliphatic rings. The molecule has 0 spiro atoms. The van der Waals surface area contributed by atoms with Gasteiger partial charge < -0.3 is 5.11 Å². The van der Waals surface area contributed by atoms with E-state index in [4.69, 9.17) is 0 Å². The summed E-state index contributed by atoms with van der Waals surface area (Å²) < 4.78 is 0. The highest BCUT2D eigenvalue weighted by molar-refractivity contribution is 5.18. The van der Waals surface area contributed by atoms with Crippen LogP contribution < -0.4 is 0 Å². The van der Waals surface area contributed by atoms with Crippen LogP contribution in [0.15, 0.2) is 18.3 Å². The van der Waals surface area contributed by atoms with Crippen molar-refractivity contribution in [2.75, 3.05) is 13.1 Å². The van der Waals surface area contributed by atoms with Crippen LogP contribution in [0.2, 0.25) is 0 Å². The van der Waals surface area contributed by atoms with Crippen LogP contribution in [-0.2, 0) is 6.54 Å². The smallest absolute Gasteiger partial charge is 0.0679 e. The van der Waals surface area contributed by atoms with Gasteiger partial charge in [0.1, 0.15) is 0 Å². The number of aromatic nitrogens is 1. The maximum Gasteiger partial charge on any atom is 0.0679 e. The first kappa shape index (κ1) is 9.62. The van der Waals surface area contributed by atoms with E-state index in [0.717, 1.165) is 31.7 Å². The van der Waals surface area contributed by atoms with Crippen LogP contribution in [-0.4, -0.2) is 34.2 Å². The van der Waals surface area contributed by atoms with Gasteiger partial charge in [0.15, 0.2) is 0 Å². The topological polar surface area (TPSA) is 36.4 Å². The van der Waals surface area contributed by atoms with E-state index in [9.17, 15) is 5.11 Å². The summed E-state index contributed by atoms with van der Waals surface area (Å²) in [4.78, 5) is 6.52. The Labute approximate surface area is 84.4 Å². The molecule has 1 N–H and O–H groups in total. The molecule has 0 aromatic carbocycles. The summed E-state index contributed by atoms with van der Waals surface area (Å²) in [7, 11) is 0. The molecule has 0 aliphatic carbocycles. The third-order valence-electron chi connectivity index (χ3n) is 2.76. The van der Waals surface area contributed by atoms with Crippen molar-refractivity contribution >= 4 is 0 Å². The number of β-amino-alcohol motifs (C(OH)–C–C–N with tert-alkyl or cyclic N) is 1. The van der Waals surface area contributed by atoms with E-state index in [-0.39, 0.29) is 6.10 Å². The first-order valence-electron chi connectivity index (χ1n) is 5.06. The van der Waals surface area contributed by atoms with E-state index >= 15 is 0 Å². The van der Waals surface area contributed by atoms with Gasteiger partial charge in [0.25, 0.3) is 0 Å². The highest BCUT2D eigenvalue weighted by Gasteiger charge is 2.20. The fourth-order valence-corrected chi connectivity index (χ4v) is 1.88. The van der Waals surface area contributed by atoms with Gasteiger partial charge in [-0.25, -0.2) is 0 Å². The predicted molar refractivity (Wildman–Crippen MR) is 54.9 cm³/mol. The molecule has 1 aromatic rings. The molecule has 0 amide bonds. The zero-order valence-corrected chi connectivity index (χ0v) is 8.48. The Bertz CT molecular complexity index is 314. The number of hydrogen-bond donors (Lipinski definition) is 1. The maximum absolute atomic E-state index is 9.39. The molecule has 14 heavy (non-hydrogen) atoms. The summed E-state index contributed by atoms with van der Waals surface area (Å²) in [6.07, 6.45) is 2.59. The van der Waals surface area contributed by atoms with Crippen LogP contribution >= 0.6 is 0 Å². The minimum absolute atomic E-state index is 0.132. The van der Waals surface area contributed by atoms with Gasteiger partial charge in [0.2, 0.25) is 0 Å². The van der Waals surface area contributed by atoms with Crippen LogP contribution in [0.4, 0.5) is 0 Å². The average molecular weight is 192 g/mol. The summed E-state index contributed by atoms with van der Waals surface area (Å²) in [6, 6.07) is 4.07. The van der Waals surface area contributed by atoms with Gasteiger partial charge in [-0.3, -0.25) is 9.88 Å². The third kappa shape index (κ3) is 2.11. The minimum atomic E-state index is -0.132. The van der Waals surface area contributed by atoms with Crippen molar-refractivity contribution in [1.82, 2.24) is 9.88 Å². The Balaban J connectivity index is 2.01. The van der Waals surface area contributed by atoms with Gasteiger partial charge in [-0.05, 0) is 25.0 Å². The second-order valence-electron chi connectivity index (χ2n) is 3.93. The fourth-order valence-electron chi connectivity index (χ4n) is 1.88. The predicted octanol–water partition coefficient (Wildman–Crippen LogP) is 0.957. The molecule has 76 valence electrons. The number of likely N-dealkylation sites (tertiary alicyclic amines) is 1. The van der Waals surface area contributed by atoms with E-state index in [1.807, 2.05) is 19.2 Å². The lowest BCUT2D eigenvalue weighted by Crippen LogP contribution is -2.22. The van der Waals surface area contributed by atoms with Crippen molar-refractivity contribution in [2.24, 2.45) is 0 Å². The standard InChI is InChI=1S/C11H16N2O/c1-9-10(3-2-5-12-9)7-13-6-4-11(14)8-13/h2-3,5,11,14H,4,6-8H2,1H3/t11-/m1/s1. The Morgan fingerprint density at radius 2 is 2.50 bits per heavy atom.